The van der Waals surface area contributed by atoms with Gasteiger partial charge in [-0.1, -0.05) is 222 Å². The number of aryl methyl sites for hydroxylation is 1. The van der Waals surface area contributed by atoms with E-state index in [2.05, 4.69) is 238 Å². The Kier molecular flexibility index (Phi) is 27.6. The minimum Gasteiger partial charge on any atom is -0.362 e. The highest BCUT2D eigenvalue weighted by Gasteiger charge is 2.52. The third-order valence-corrected chi connectivity index (χ3v) is 20.0. The van der Waals surface area contributed by atoms with E-state index >= 15 is 0 Å². The molecule has 1 fully saturated rings. The molecule has 13 heteroatoms. The number of carbonyl (C=O) groups is 5. The van der Waals surface area contributed by atoms with Crippen molar-refractivity contribution in [2.75, 3.05) is 5.32 Å². The van der Waals surface area contributed by atoms with Crippen LogP contribution in [-0.2, 0) is 24.8 Å². The lowest BCUT2D eigenvalue weighted by Gasteiger charge is -2.24. The Morgan fingerprint density at radius 2 is 1.14 bits per heavy atom. The van der Waals surface area contributed by atoms with E-state index in [1.807, 2.05) is 62.6 Å². The van der Waals surface area contributed by atoms with Gasteiger partial charge < -0.3 is 26.6 Å². The average Bonchev–Trinajstić information content (AvgIpc) is 1.57. The van der Waals surface area contributed by atoms with Crippen LogP contribution in [0, 0.1) is 11.7 Å². The van der Waals surface area contributed by atoms with Gasteiger partial charge in [-0.25, -0.2) is 14.2 Å². The number of rotatable bonds is 9. The smallest absolute Gasteiger partial charge is 0.323 e. The number of aromatic nitrogens is 1. The molecule has 5 heterocycles. The Labute approximate surface area is 624 Å². The van der Waals surface area contributed by atoms with E-state index in [0.717, 1.165) is 81.0 Å². The Balaban J connectivity index is 0.000000152. The van der Waals surface area contributed by atoms with Gasteiger partial charge in [-0.15, -0.1) is 0 Å². The summed E-state index contributed by atoms with van der Waals surface area (Å²) in [5.74, 6) is 3.97. The number of dihydropyridines is 1. The van der Waals surface area contributed by atoms with Crippen LogP contribution >= 0.6 is 0 Å². The number of urea groups is 1. The van der Waals surface area contributed by atoms with Crippen molar-refractivity contribution in [2.45, 2.75) is 210 Å². The molecule has 4 aliphatic heterocycles. The fourth-order valence-corrected chi connectivity index (χ4v) is 13.3. The largest absolute Gasteiger partial charge is 0.362 e. The first-order valence-electron chi connectivity index (χ1n) is 37.3. The molecule has 1 spiro atoms. The van der Waals surface area contributed by atoms with Crippen LogP contribution in [0.1, 0.15) is 304 Å². The van der Waals surface area contributed by atoms with Crippen molar-refractivity contribution in [1.82, 2.24) is 26.3 Å². The summed E-state index contributed by atoms with van der Waals surface area (Å²) in [6.07, 6.45) is 20.0. The SMILES string of the molecule is C=C1C=C(C(C)C)C=CN1.C=C1NC(=O)Nc2c1cccc2C(C)C.C=C1NC=Nc2c1cccc2C(C)C.CC(=O)c1cc(C(C)C)ccc1F.CC(C)c1ccc2c(c1)C(=O)CC2.CC(C)c1ccc2c(c1)C(=O)CC21CC1.CC(C)c1cccc2c1CNC2=O.CC(C)c1cnc2c(c1)C=CC2. The molecular weight excluding hydrogens is 1300 g/mol. The molecule has 5 N–H and O–H groups in total. The van der Waals surface area contributed by atoms with Crippen molar-refractivity contribution in [3.63, 3.8) is 0 Å². The summed E-state index contributed by atoms with van der Waals surface area (Å²) in [5, 5.41) is 14.4. The first-order chi connectivity index (χ1) is 49.8. The number of allylic oxidation sites excluding steroid dienone is 4. The van der Waals surface area contributed by atoms with Crippen LogP contribution in [-0.4, -0.2) is 40.6 Å². The number of carbonyl (C=O) groups excluding carboxylic acids is 5. The predicted octanol–water partition coefficient (Wildman–Crippen LogP) is 22.5. The van der Waals surface area contributed by atoms with Crippen molar-refractivity contribution in [3.05, 3.63) is 283 Å². The van der Waals surface area contributed by atoms with Gasteiger partial charge in [0.15, 0.2) is 17.3 Å². The summed E-state index contributed by atoms with van der Waals surface area (Å²) < 4.78 is 13.1. The van der Waals surface area contributed by atoms with Gasteiger partial charge in [0.1, 0.15) is 5.82 Å². The molecule has 105 heavy (non-hydrogen) atoms. The van der Waals surface area contributed by atoms with Gasteiger partial charge in [0, 0.05) is 88.5 Å². The van der Waals surface area contributed by atoms with Crippen molar-refractivity contribution in [1.29, 1.82) is 0 Å². The van der Waals surface area contributed by atoms with Gasteiger partial charge in [0.05, 0.1) is 29.0 Å². The number of amides is 3. The second kappa shape index (κ2) is 36.0. The number of nitrogens with one attached hydrogen (secondary N) is 5. The Hall–Kier alpha value is -10.1. The quantitative estimate of drug-likeness (QED) is 0.0889. The van der Waals surface area contributed by atoms with Gasteiger partial charge in [0.25, 0.3) is 5.91 Å². The van der Waals surface area contributed by atoms with E-state index in [-0.39, 0.29) is 28.7 Å². The lowest BCUT2D eigenvalue weighted by Crippen LogP contribution is -2.32. The predicted molar refractivity (Wildman–Crippen MR) is 434 cm³/mol. The Bertz CT molecular complexity index is 4530. The lowest BCUT2D eigenvalue weighted by molar-refractivity contribution is 0.0961. The molecule has 0 unspecified atom stereocenters. The minimum absolute atomic E-state index is 0.0671. The van der Waals surface area contributed by atoms with Crippen LogP contribution in [0.2, 0.25) is 0 Å². The summed E-state index contributed by atoms with van der Waals surface area (Å²) >= 11 is 0. The Morgan fingerprint density at radius 1 is 0.552 bits per heavy atom. The van der Waals surface area contributed by atoms with E-state index in [9.17, 15) is 28.4 Å². The number of anilines is 1. The average molecular weight is 1410 g/mol. The molecule has 0 radical (unpaired) electrons. The second-order valence-electron chi connectivity index (χ2n) is 30.6. The molecule has 7 aromatic rings. The second-order valence-corrected chi connectivity index (χ2v) is 30.6. The zero-order chi connectivity index (χ0) is 76.7. The highest BCUT2D eigenvalue weighted by atomic mass is 19.1. The molecule has 0 atom stereocenters. The number of hydrogen-bond acceptors (Lipinski definition) is 9. The fraction of sp³-hybridized carbons (Fsp3) is 0.359. The number of halogens is 1. The van der Waals surface area contributed by atoms with E-state index in [4.69, 9.17) is 0 Å². The lowest BCUT2D eigenvalue weighted by atomic mass is 9.94. The van der Waals surface area contributed by atoms with Crippen molar-refractivity contribution >= 4 is 64.5 Å². The van der Waals surface area contributed by atoms with Crippen molar-refractivity contribution in [3.8, 4) is 0 Å². The molecule has 8 aliphatic rings. The Morgan fingerprint density at radius 3 is 1.74 bits per heavy atom. The summed E-state index contributed by atoms with van der Waals surface area (Å²) in [4.78, 5) is 65.8. The number of Topliss-reactive ketones (excluding diaryl/α,β-unsaturated/α-hetero) is 3. The first kappa shape index (κ1) is 80.5. The maximum atomic E-state index is 13.1. The topological polar surface area (TPSA) is 171 Å². The molecule has 550 valence electrons. The summed E-state index contributed by atoms with van der Waals surface area (Å²) in [5.41, 5.74) is 26.1. The number of ketones is 3. The fourth-order valence-electron chi connectivity index (χ4n) is 13.3. The molecule has 0 bridgehead atoms. The third-order valence-electron chi connectivity index (χ3n) is 20.0. The van der Waals surface area contributed by atoms with Crippen LogP contribution in [0.4, 0.5) is 20.6 Å². The number of hydrogen-bond donors (Lipinski definition) is 5. The van der Waals surface area contributed by atoms with Gasteiger partial charge in [-0.05, 0) is 189 Å². The number of nitrogens with zero attached hydrogens (tertiary/aromatic N) is 2. The monoisotopic (exact) mass is 1410 g/mol. The van der Waals surface area contributed by atoms with Gasteiger partial charge in [-0.3, -0.25) is 24.2 Å². The summed E-state index contributed by atoms with van der Waals surface area (Å²) in [6.45, 7) is 48.0. The van der Waals surface area contributed by atoms with Crippen LogP contribution in [0.15, 0.2) is 182 Å². The van der Waals surface area contributed by atoms with E-state index in [1.165, 1.54) is 87.2 Å². The zero-order valence-electron chi connectivity index (χ0n) is 65.0. The maximum absolute atomic E-state index is 13.1. The molecule has 1 saturated carbocycles. The maximum Gasteiger partial charge on any atom is 0.323 e. The minimum atomic E-state index is -0.433. The molecule has 1 aromatic heterocycles. The highest BCUT2D eigenvalue weighted by Crippen LogP contribution is 2.57. The number of benzene rings is 6. The van der Waals surface area contributed by atoms with Crippen LogP contribution in [0.3, 0.4) is 0 Å². The standard InChI is InChI=1S/C14H16O.C12H14N2O.C12H14N2.C12H14O.C11H13FO.C11H13NO.C11H13N.C9H13N/c1-9(2)10-3-4-12-11(7-10)13(15)8-14(12)5-6-14;1-7(2)9-5-4-6-10-8(3)13-12(15)14-11(9)10;1-8(2)10-5-4-6-11-9(3)13-7-14-12(10)11;1-8(2)10-4-3-9-5-6-12(13)11(9)7-10;1-7(2)9-4-5-11(12)10(6-9)8(3)13;1-7(2)8-4-3-5-9-10(8)6-12-11(9)13;1-8(2)10-6-9-4-3-5-11(9)12-7-10;1-7(2)9-4-5-10-8(3)6-9/h3-4,7,9H,5-6,8H2,1-2H3;4-7H,3H2,1-2H3,(H2,13,14,15);4-8H,3H2,1-2H3,(H,13,14);3-4,7-8H,5-6H2,1-2H3;4-7H,1-3H3;3-5,7H,6H2,1-2H3,(H,12,13);3-4,6-8H,5H2,1-2H3;4-7,10H,3H2,1-2H3. The van der Waals surface area contributed by atoms with Crippen molar-refractivity contribution < 1.29 is 28.4 Å². The van der Waals surface area contributed by atoms with Crippen molar-refractivity contribution in [2.24, 2.45) is 10.9 Å². The van der Waals surface area contributed by atoms with E-state index in [0.29, 0.717) is 77.6 Å². The van der Waals surface area contributed by atoms with Gasteiger partial charge >= 0.3 is 6.03 Å². The molecular formula is C92H110FN7O5. The number of para-hydroxylation sites is 2. The molecule has 12 nitrogen and oxygen atoms in total. The van der Waals surface area contributed by atoms with Gasteiger partial charge in [-0.2, -0.15) is 0 Å². The van der Waals surface area contributed by atoms with Crippen LogP contribution in [0.5, 0.6) is 0 Å². The number of pyridine rings is 1. The van der Waals surface area contributed by atoms with Gasteiger partial charge in [0.2, 0.25) is 0 Å². The molecule has 3 amide bonds. The normalized spacial score (nSPS) is 15.2. The molecule has 0 saturated heterocycles. The van der Waals surface area contributed by atoms with Crippen LogP contribution < -0.4 is 26.6 Å². The number of aliphatic imine (C=N–C) groups is 1. The summed E-state index contributed by atoms with van der Waals surface area (Å²) in [7, 11) is 0. The van der Waals surface area contributed by atoms with Crippen LogP contribution in [0.25, 0.3) is 17.5 Å². The zero-order valence-corrected chi connectivity index (χ0v) is 65.0. The first-order valence-corrected chi connectivity index (χ1v) is 37.3. The molecule has 4 aliphatic carbocycles. The number of fused-ring (bicyclic) bond motifs is 7. The third kappa shape index (κ3) is 20.6. The molecule has 6 aromatic carbocycles. The summed E-state index contributed by atoms with van der Waals surface area (Å²) in [6, 6.07) is 37.7. The highest BCUT2D eigenvalue weighted by molar-refractivity contribution is 6.04. The van der Waals surface area contributed by atoms with E-state index < -0.39 is 5.82 Å². The molecule has 15 rings (SSSR count). The van der Waals surface area contributed by atoms with E-state index in [1.54, 1.807) is 18.5 Å².